The number of aryl methyl sites for hydroxylation is 1. The summed E-state index contributed by atoms with van der Waals surface area (Å²) in [5.74, 6) is -0.155. The number of carbonyl (C=O) groups is 2. The van der Waals surface area contributed by atoms with Gasteiger partial charge >= 0.3 is 0 Å². The van der Waals surface area contributed by atoms with Crippen molar-refractivity contribution in [3.8, 4) is 5.69 Å². The standard InChI is InChI=1S/C18H22N4O2/c1-12-15(10-11-19-18(24)16-8-9-17(23)20-16)13(2)22(21-12)14-6-4-3-5-7-14/h3-7,16H,8-11H2,1-2H3,(H,19,24)(H,20,23). The highest BCUT2D eigenvalue weighted by Gasteiger charge is 2.26. The van der Waals surface area contributed by atoms with Crippen LogP contribution in [0.5, 0.6) is 0 Å². The molecule has 2 amide bonds. The molecule has 0 saturated carbocycles. The molecule has 1 aromatic carbocycles. The minimum absolute atomic E-state index is 0.0500. The summed E-state index contributed by atoms with van der Waals surface area (Å²) in [7, 11) is 0. The Labute approximate surface area is 141 Å². The lowest BCUT2D eigenvalue weighted by Crippen LogP contribution is -2.42. The minimum Gasteiger partial charge on any atom is -0.354 e. The number of para-hydroxylation sites is 1. The van der Waals surface area contributed by atoms with Gasteiger partial charge in [-0.2, -0.15) is 5.10 Å². The summed E-state index contributed by atoms with van der Waals surface area (Å²) in [5.41, 5.74) is 4.23. The van der Waals surface area contributed by atoms with Crippen molar-refractivity contribution in [2.24, 2.45) is 0 Å². The molecule has 2 N–H and O–H groups in total. The van der Waals surface area contributed by atoms with E-state index in [2.05, 4.69) is 15.7 Å². The van der Waals surface area contributed by atoms with Crippen molar-refractivity contribution in [1.82, 2.24) is 20.4 Å². The Morgan fingerprint density at radius 3 is 2.75 bits per heavy atom. The fourth-order valence-corrected chi connectivity index (χ4v) is 3.10. The number of carbonyl (C=O) groups excluding carboxylic acids is 2. The molecule has 1 fully saturated rings. The van der Waals surface area contributed by atoms with E-state index in [1.807, 2.05) is 48.9 Å². The van der Waals surface area contributed by atoms with Crippen molar-refractivity contribution in [3.05, 3.63) is 47.3 Å². The number of nitrogens with zero attached hydrogens (tertiary/aromatic N) is 2. The molecule has 6 heteroatoms. The van der Waals surface area contributed by atoms with Crippen molar-refractivity contribution in [3.63, 3.8) is 0 Å². The topological polar surface area (TPSA) is 76.0 Å². The molecule has 0 radical (unpaired) electrons. The summed E-state index contributed by atoms with van der Waals surface area (Å²) >= 11 is 0. The normalized spacial score (nSPS) is 16.9. The van der Waals surface area contributed by atoms with E-state index in [0.717, 1.165) is 29.1 Å². The highest BCUT2D eigenvalue weighted by molar-refractivity contribution is 5.90. The first kappa shape index (κ1) is 16.2. The molecule has 1 atom stereocenters. The monoisotopic (exact) mass is 326 g/mol. The van der Waals surface area contributed by atoms with Crippen molar-refractivity contribution >= 4 is 11.8 Å². The van der Waals surface area contributed by atoms with Crippen LogP contribution in [0, 0.1) is 13.8 Å². The van der Waals surface area contributed by atoms with Gasteiger partial charge < -0.3 is 10.6 Å². The van der Waals surface area contributed by atoms with Crippen molar-refractivity contribution in [2.45, 2.75) is 39.2 Å². The zero-order valence-corrected chi connectivity index (χ0v) is 14.0. The van der Waals surface area contributed by atoms with E-state index in [0.29, 0.717) is 19.4 Å². The van der Waals surface area contributed by atoms with E-state index in [4.69, 9.17) is 0 Å². The average Bonchev–Trinajstić information content (AvgIpc) is 3.13. The molecule has 0 aliphatic carbocycles. The molecule has 0 spiro atoms. The van der Waals surface area contributed by atoms with Gasteiger partial charge in [0.15, 0.2) is 0 Å². The lowest BCUT2D eigenvalue weighted by molar-refractivity contribution is -0.125. The summed E-state index contributed by atoms with van der Waals surface area (Å²) in [6.07, 6.45) is 1.73. The van der Waals surface area contributed by atoms with E-state index in [1.165, 1.54) is 0 Å². The maximum absolute atomic E-state index is 12.0. The zero-order chi connectivity index (χ0) is 17.1. The third-order valence-electron chi connectivity index (χ3n) is 4.43. The molecule has 126 valence electrons. The number of hydrogen-bond acceptors (Lipinski definition) is 3. The largest absolute Gasteiger partial charge is 0.354 e. The number of hydrogen-bond donors (Lipinski definition) is 2. The van der Waals surface area contributed by atoms with Gasteiger partial charge in [-0.05, 0) is 44.4 Å². The van der Waals surface area contributed by atoms with Crippen LogP contribution in [0.25, 0.3) is 5.69 Å². The summed E-state index contributed by atoms with van der Waals surface area (Å²) in [6.45, 7) is 4.56. The van der Waals surface area contributed by atoms with Crippen LogP contribution in [0.4, 0.5) is 0 Å². The van der Waals surface area contributed by atoms with Gasteiger partial charge in [0.2, 0.25) is 11.8 Å². The summed E-state index contributed by atoms with van der Waals surface area (Å²) in [6, 6.07) is 9.62. The van der Waals surface area contributed by atoms with Gasteiger partial charge in [0.25, 0.3) is 0 Å². The first-order chi connectivity index (χ1) is 11.6. The Kier molecular flexibility index (Phi) is 4.64. The maximum atomic E-state index is 12.0. The first-order valence-electron chi connectivity index (χ1n) is 8.24. The van der Waals surface area contributed by atoms with E-state index in [1.54, 1.807) is 0 Å². The van der Waals surface area contributed by atoms with Crippen LogP contribution < -0.4 is 10.6 Å². The highest BCUT2D eigenvalue weighted by atomic mass is 16.2. The second-order valence-electron chi connectivity index (χ2n) is 6.10. The predicted octanol–water partition coefficient (Wildman–Crippen LogP) is 1.43. The molecule has 2 heterocycles. The van der Waals surface area contributed by atoms with E-state index in [9.17, 15) is 9.59 Å². The quantitative estimate of drug-likeness (QED) is 0.873. The van der Waals surface area contributed by atoms with Gasteiger partial charge in [0.05, 0.1) is 11.4 Å². The van der Waals surface area contributed by atoms with Crippen molar-refractivity contribution in [2.75, 3.05) is 6.54 Å². The van der Waals surface area contributed by atoms with Crippen LogP contribution in [0.1, 0.15) is 29.8 Å². The summed E-state index contributed by atoms with van der Waals surface area (Å²) in [4.78, 5) is 23.2. The molecule has 2 aromatic rings. The Bertz CT molecular complexity index is 752. The SMILES string of the molecule is Cc1nn(-c2ccccc2)c(C)c1CCNC(=O)C1CCC(=O)N1. The van der Waals surface area contributed by atoms with E-state index in [-0.39, 0.29) is 17.9 Å². The fraction of sp³-hybridized carbons (Fsp3) is 0.389. The number of aromatic nitrogens is 2. The third kappa shape index (κ3) is 3.32. The average molecular weight is 326 g/mol. The number of amides is 2. The van der Waals surface area contributed by atoms with Crippen LogP contribution in [-0.4, -0.2) is 34.2 Å². The van der Waals surface area contributed by atoms with Crippen molar-refractivity contribution in [1.29, 1.82) is 0 Å². The first-order valence-corrected chi connectivity index (χ1v) is 8.24. The molecule has 1 aromatic heterocycles. The van der Waals surface area contributed by atoms with Gasteiger partial charge in [-0.3, -0.25) is 9.59 Å². The zero-order valence-electron chi connectivity index (χ0n) is 14.0. The molecular weight excluding hydrogens is 304 g/mol. The highest BCUT2D eigenvalue weighted by Crippen LogP contribution is 2.18. The van der Waals surface area contributed by atoms with Crippen LogP contribution in [-0.2, 0) is 16.0 Å². The molecule has 3 rings (SSSR count). The molecule has 1 aliphatic rings. The Hall–Kier alpha value is -2.63. The summed E-state index contributed by atoms with van der Waals surface area (Å²) < 4.78 is 1.93. The Balaban J connectivity index is 1.63. The molecule has 1 aliphatic heterocycles. The van der Waals surface area contributed by atoms with Crippen LogP contribution in [0.2, 0.25) is 0 Å². The number of nitrogens with one attached hydrogen (secondary N) is 2. The maximum Gasteiger partial charge on any atom is 0.242 e. The third-order valence-corrected chi connectivity index (χ3v) is 4.43. The van der Waals surface area contributed by atoms with Gasteiger partial charge in [0, 0.05) is 18.7 Å². The van der Waals surface area contributed by atoms with Gasteiger partial charge in [-0.1, -0.05) is 18.2 Å². The molecule has 0 bridgehead atoms. The molecule has 6 nitrogen and oxygen atoms in total. The fourth-order valence-electron chi connectivity index (χ4n) is 3.10. The van der Waals surface area contributed by atoms with Gasteiger partial charge in [-0.25, -0.2) is 4.68 Å². The number of benzene rings is 1. The molecule has 1 unspecified atom stereocenters. The molecule has 1 saturated heterocycles. The predicted molar refractivity (Wildman–Crippen MR) is 90.9 cm³/mol. The minimum atomic E-state index is -0.383. The van der Waals surface area contributed by atoms with Crippen LogP contribution >= 0.6 is 0 Å². The van der Waals surface area contributed by atoms with Gasteiger partial charge in [-0.15, -0.1) is 0 Å². The molecule has 24 heavy (non-hydrogen) atoms. The lowest BCUT2D eigenvalue weighted by atomic mass is 10.1. The Morgan fingerprint density at radius 2 is 2.08 bits per heavy atom. The van der Waals surface area contributed by atoms with Crippen molar-refractivity contribution < 1.29 is 9.59 Å². The van der Waals surface area contributed by atoms with E-state index < -0.39 is 0 Å². The molecular formula is C18H22N4O2. The smallest absolute Gasteiger partial charge is 0.242 e. The van der Waals surface area contributed by atoms with E-state index >= 15 is 0 Å². The number of rotatable bonds is 5. The van der Waals surface area contributed by atoms with Crippen LogP contribution in [0.15, 0.2) is 30.3 Å². The second-order valence-corrected chi connectivity index (χ2v) is 6.10. The second kappa shape index (κ2) is 6.86. The van der Waals surface area contributed by atoms with Gasteiger partial charge in [0.1, 0.15) is 6.04 Å². The van der Waals surface area contributed by atoms with Crippen LogP contribution in [0.3, 0.4) is 0 Å². The lowest BCUT2D eigenvalue weighted by Gasteiger charge is -2.11. The Morgan fingerprint density at radius 1 is 1.33 bits per heavy atom. The summed E-state index contributed by atoms with van der Waals surface area (Å²) in [5, 5.41) is 10.2.